The molecule has 33 heavy (non-hydrogen) atoms. The second-order valence-electron chi connectivity index (χ2n) is 7.86. The molecule has 5 rings (SSSR count). The highest BCUT2D eigenvalue weighted by molar-refractivity contribution is 8.00. The molecule has 0 radical (unpaired) electrons. The third-order valence-electron chi connectivity index (χ3n) is 5.43. The molecule has 8 heteroatoms. The molecule has 1 atom stereocenters. The molecule has 1 aliphatic rings. The van der Waals surface area contributed by atoms with Crippen LogP contribution >= 0.6 is 11.8 Å². The molecule has 0 fully saturated rings. The number of nitrogens with one attached hydrogen (secondary N) is 1. The Balaban J connectivity index is 1.80. The lowest BCUT2D eigenvalue weighted by molar-refractivity contribution is -0.113. The fourth-order valence-corrected chi connectivity index (χ4v) is 5.15. The predicted molar refractivity (Wildman–Crippen MR) is 130 cm³/mol. The van der Waals surface area contributed by atoms with Gasteiger partial charge < -0.3 is 10.1 Å². The van der Waals surface area contributed by atoms with E-state index in [1.165, 1.54) is 0 Å². The summed E-state index contributed by atoms with van der Waals surface area (Å²) in [6, 6.07) is 19.8. The van der Waals surface area contributed by atoms with E-state index in [2.05, 4.69) is 21.4 Å². The van der Waals surface area contributed by atoms with Gasteiger partial charge in [0.15, 0.2) is 0 Å². The molecule has 0 aliphatic carbocycles. The first kappa shape index (κ1) is 21.2. The number of aromatic nitrogens is 4. The highest BCUT2D eigenvalue weighted by atomic mass is 32.2. The topological polar surface area (TPSA) is 81.9 Å². The van der Waals surface area contributed by atoms with E-state index >= 15 is 0 Å². The Labute approximate surface area is 196 Å². The Morgan fingerprint density at radius 3 is 2.52 bits per heavy atom. The highest BCUT2D eigenvalue weighted by Crippen LogP contribution is 2.47. The zero-order valence-corrected chi connectivity index (χ0v) is 19.4. The molecule has 1 amide bonds. The zero-order valence-electron chi connectivity index (χ0n) is 18.6. The van der Waals surface area contributed by atoms with Crippen molar-refractivity contribution >= 4 is 23.5 Å². The van der Waals surface area contributed by atoms with Crippen molar-refractivity contribution in [1.82, 2.24) is 19.7 Å². The number of hydrogen-bond donors (Lipinski definition) is 1. The Morgan fingerprint density at radius 1 is 1.03 bits per heavy atom. The zero-order chi connectivity index (χ0) is 22.9. The number of thioether (sulfide) groups is 1. The maximum atomic E-state index is 12.8. The lowest BCUT2D eigenvalue weighted by atomic mass is 10.00. The molecule has 0 saturated heterocycles. The number of rotatable bonds is 4. The van der Waals surface area contributed by atoms with E-state index in [-0.39, 0.29) is 11.2 Å². The third-order valence-corrected chi connectivity index (χ3v) is 6.70. The minimum atomic E-state index is -0.135. The number of ether oxygens (including phenoxy) is 1. The van der Waals surface area contributed by atoms with Gasteiger partial charge in [0.2, 0.25) is 5.91 Å². The van der Waals surface area contributed by atoms with Crippen molar-refractivity contribution in [3.05, 3.63) is 83.2 Å². The van der Waals surface area contributed by atoms with Crippen LogP contribution in [0.4, 0.5) is 5.82 Å². The molecule has 0 bridgehead atoms. The van der Waals surface area contributed by atoms with Gasteiger partial charge in [-0.25, -0.2) is 9.97 Å². The van der Waals surface area contributed by atoms with Crippen LogP contribution < -0.4 is 10.1 Å². The van der Waals surface area contributed by atoms with Gasteiger partial charge in [0, 0.05) is 22.5 Å². The van der Waals surface area contributed by atoms with E-state index < -0.39 is 0 Å². The van der Waals surface area contributed by atoms with Crippen molar-refractivity contribution in [3.63, 3.8) is 0 Å². The highest BCUT2D eigenvalue weighted by Gasteiger charge is 2.33. The maximum absolute atomic E-state index is 12.8. The molecule has 7 nitrogen and oxygen atoms in total. The van der Waals surface area contributed by atoms with E-state index in [1.807, 2.05) is 68.4 Å². The van der Waals surface area contributed by atoms with Crippen LogP contribution in [0.5, 0.6) is 5.75 Å². The first-order chi connectivity index (χ1) is 16.0. The molecule has 3 heterocycles. The monoisotopic (exact) mass is 457 g/mol. The fourth-order valence-electron chi connectivity index (χ4n) is 4.03. The van der Waals surface area contributed by atoms with Gasteiger partial charge in [-0.3, -0.25) is 4.79 Å². The minimum Gasteiger partial charge on any atom is -0.497 e. The predicted octanol–water partition coefficient (Wildman–Crippen LogP) is 4.73. The van der Waals surface area contributed by atoms with Crippen molar-refractivity contribution < 1.29 is 9.53 Å². The summed E-state index contributed by atoms with van der Waals surface area (Å²) in [6.45, 7) is 3.85. The fraction of sp³-hybridized carbons (Fsp3) is 0.200. The van der Waals surface area contributed by atoms with Gasteiger partial charge in [-0.05, 0) is 37.6 Å². The van der Waals surface area contributed by atoms with Crippen molar-refractivity contribution in [2.75, 3.05) is 18.2 Å². The molecule has 2 aromatic heterocycles. The summed E-state index contributed by atoms with van der Waals surface area (Å²) in [5, 5.41) is 7.88. The SMILES string of the molecule is COc1cccc([C@H]2SCC(=O)Nc3c2c(-c2ccccc2)nn3-c2nc(C)cc(C)n2)c1. The lowest BCUT2D eigenvalue weighted by Gasteiger charge is -2.17. The number of carbonyl (C=O) groups excluding carboxylic acids is 1. The molecular formula is C25H23N5O2S. The summed E-state index contributed by atoms with van der Waals surface area (Å²) >= 11 is 1.57. The number of nitrogens with zero attached hydrogens (tertiary/aromatic N) is 4. The van der Waals surface area contributed by atoms with E-state index in [0.717, 1.165) is 39.5 Å². The molecule has 2 aromatic carbocycles. The second kappa shape index (κ2) is 8.71. The summed E-state index contributed by atoms with van der Waals surface area (Å²) in [7, 11) is 1.65. The van der Waals surface area contributed by atoms with Crippen molar-refractivity contribution in [1.29, 1.82) is 0 Å². The maximum Gasteiger partial charge on any atom is 0.252 e. The number of methoxy groups -OCH3 is 1. The largest absolute Gasteiger partial charge is 0.497 e. The number of fused-ring (bicyclic) bond motifs is 1. The van der Waals surface area contributed by atoms with Crippen LogP contribution in [0.15, 0.2) is 60.7 Å². The minimum absolute atomic E-state index is 0.0863. The number of aryl methyl sites for hydroxylation is 2. The average Bonchev–Trinajstić information content (AvgIpc) is 3.09. The van der Waals surface area contributed by atoms with E-state index in [4.69, 9.17) is 9.84 Å². The van der Waals surface area contributed by atoms with E-state index in [1.54, 1.807) is 23.6 Å². The van der Waals surface area contributed by atoms with Crippen molar-refractivity contribution in [2.45, 2.75) is 19.1 Å². The Kier molecular flexibility index (Phi) is 5.60. The van der Waals surface area contributed by atoms with Crippen LogP contribution in [0.3, 0.4) is 0 Å². The van der Waals surface area contributed by atoms with Crippen LogP contribution in [-0.2, 0) is 4.79 Å². The Bertz CT molecular complexity index is 1320. The summed E-state index contributed by atoms with van der Waals surface area (Å²) < 4.78 is 7.13. The van der Waals surface area contributed by atoms with Crippen molar-refractivity contribution in [2.24, 2.45) is 0 Å². The number of amides is 1. The summed E-state index contributed by atoms with van der Waals surface area (Å²) in [6.07, 6.45) is 0. The number of anilines is 1. The normalized spacial score (nSPS) is 15.5. The first-order valence-corrected chi connectivity index (χ1v) is 11.6. The van der Waals surface area contributed by atoms with E-state index in [0.29, 0.717) is 17.5 Å². The number of benzene rings is 2. The molecule has 0 spiro atoms. The van der Waals surface area contributed by atoms with Crippen LogP contribution in [0.1, 0.15) is 27.8 Å². The van der Waals surface area contributed by atoms with Crippen LogP contribution in [-0.4, -0.2) is 38.5 Å². The Hall–Kier alpha value is -3.65. The van der Waals surface area contributed by atoms with Gasteiger partial charge in [-0.1, -0.05) is 42.5 Å². The standard InChI is InChI=1S/C25H23N5O2S/c1-15-12-16(2)27-25(26-15)30-24-21(22(29-30)17-8-5-4-6-9-17)23(33-14-20(31)28-24)18-10-7-11-19(13-18)32-3/h4-13,23H,14H2,1-3H3,(H,28,31)/t23-/m1/s1. The van der Waals surface area contributed by atoms with Gasteiger partial charge in [0.1, 0.15) is 11.6 Å². The number of hydrogen-bond acceptors (Lipinski definition) is 6. The second-order valence-corrected chi connectivity index (χ2v) is 8.95. The summed E-state index contributed by atoms with van der Waals surface area (Å²) in [5.74, 6) is 2.03. The van der Waals surface area contributed by atoms with Crippen LogP contribution in [0.2, 0.25) is 0 Å². The van der Waals surface area contributed by atoms with Gasteiger partial charge >= 0.3 is 0 Å². The molecule has 0 unspecified atom stereocenters. The molecule has 166 valence electrons. The Morgan fingerprint density at radius 2 is 1.79 bits per heavy atom. The van der Waals surface area contributed by atoms with Crippen LogP contribution in [0, 0.1) is 13.8 Å². The molecular weight excluding hydrogens is 434 g/mol. The molecule has 4 aromatic rings. The average molecular weight is 458 g/mol. The van der Waals surface area contributed by atoms with Gasteiger partial charge in [-0.15, -0.1) is 11.8 Å². The third kappa shape index (κ3) is 4.09. The molecule has 1 N–H and O–H groups in total. The quantitative estimate of drug-likeness (QED) is 0.477. The smallest absolute Gasteiger partial charge is 0.252 e. The summed E-state index contributed by atoms with van der Waals surface area (Å²) in [5.41, 5.74) is 5.38. The van der Waals surface area contributed by atoms with Gasteiger partial charge in [-0.2, -0.15) is 9.78 Å². The first-order valence-electron chi connectivity index (χ1n) is 10.6. The summed E-state index contributed by atoms with van der Waals surface area (Å²) in [4.78, 5) is 22.0. The molecule has 1 aliphatic heterocycles. The van der Waals surface area contributed by atoms with E-state index in [9.17, 15) is 4.79 Å². The van der Waals surface area contributed by atoms with Gasteiger partial charge in [0.25, 0.3) is 5.95 Å². The van der Waals surface area contributed by atoms with Crippen LogP contribution in [0.25, 0.3) is 17.2 Å². The number of carbonyl (C=O) groups is 1. The lowest BCUT2D eigenvalue weighted by Crippen LogP contribution is -2.17. The van der Waals surface area contributed by atoms with Gasteiger partial charge in [0.05, 0.1) is 23.8 Å². The molecule has 0 saturated carbocycles. The van der Waals surface area contributed by atoms with Crippen molar-refractivity contribution in [3.8, 4) is 23.0 Å².